The topological polar surface area (TPSA) is 31.5 Å². The van der Waals surface area contributed by atoms with Crippen LogP contribution in [-0.4, -0.2) is 54.2 Å². The van der Waals surface area contributed by atoms with Gasteiger partial charge in [0.2, 0.25) is 0 Å². The Morgan fingerprint density at radius 3 is 2.86 bits per heavy atom. The number of nitrogens with one attached hydrogen (secondary N) is 1. The molecule has 1 saturated heterocycles. The minimum absolute atomic E-state index is 0.322. The van der Waals surface area contributed by atoms with E-state index in [4.69, 9.17) is 4.74 Å². The second-order valence-corrected chi connectivity index (χ2v) is 8.88. The molecule has 3 atom stereocenters. The molecule has 2 aliphatic heterocycles. The van der Waals surface area contributed by atoms with Crippen molar-refractivity contribution in [3.63, 3.8) is 0 Å². The first-order chi connectivity index (χ1) is 14.1. The van der Waals surface area contributed by atoms with Gasteiger partial charge in [-0.3, -0.25) is 4.90 Å². The number of nitrogens with zero attached hydrogens (tertiary/aromatic N) is 2. The van der Waals surface area contributed by atoms with Crippen LogP contribution in [0, 0.1) is 0 Å². The van der Waals surface area contributed by atoms with Crippen molar-refractivity contribution >= 4 is 10.9 Å². The van der Waals surface area contributed by atoms with Crippen molar-refractivity contribution in [2.75, 3.05) is 33.3 Å². The van der Waals surface area contributed by atoms with Crippen molar-refractivity contribution in [2.45, 2.75) is 38.5 Å². The van der Waals surface area contributed by atoms with Gasteiger partial charge < -0.3 is 14.6 Å². The molecule has 0 amide bonds. The third kappa shape index (κ3) is 3.61. The lowest BCUT2D eigenvalue weighted by molar-refractivity contribution is -0.0319. The highest BCUT2D eigenvalue weighted by Crippen LogP contribution is 2.36. The summed E-state index contributed by atoms with van der Waals surface area (Å²) in [6.45, 7) is 9.46. The fourth-order valence-corrected chi connectivity index (χ4v) is 5.10. The van der Waals surface area contributed by atoms with E-state index in [-0.39, 0.29) is 0 Å². The lowest BCUT2D eigenvalue weighted by Crippen LogP contribution is -2.42. The van der Waals surface area contributed by atoms with E-state index < -0.39 is 0 Å². The van der Waals surface area contributed by atoms with Gasteiger partial charge in [0.15, 0.2) is 0 Å². The van der Waals surface area contributed by atoms with Gasteiger partial charge in [-0.15, -0.1) is 0 Å². The monoisotopic (exact) mass is 389 g/mol. The Labute approximate surface area is 173 Å². The van der Waals surface area contributed by atoms with Crippen LogP contribution in [0.5, 0.6) is 0 Å². The molecule has 2 aromatic carbocycles. The molecule has 0 aliphatic carbocycles. The molecule has 0 saturated carbocycles. The summed E-state index contributed by atoms with van der Waals surface area (Å²) < 4.78 is 5.74. The molecule has 1 fully saturated rings. The molecule has 1 N–H and O–H groups in total. The predicted molar refractivity (Wildman–Crippen MR) is 118 cm³/mol. The van der Waals surface area contributed by atoms with Gasteiger partial charge in [-0.05, 0) is 60.7 Å². The van der Waals surface area contributed by atoms with Gasteiger partial charge in [0.1, 0.15) is 0 Å². The molecule has 5 rings (SSSR count). The first kappa shape index (κ1) is 18.9. The number of fused-ring (bicyclic) bond motifs is 2. The lowest BCUT2D eigenvalue weighted by Gasteiger charge is -2.37. The maximum atomic E-state index is 5.74. The highest BCUT2D eigenvalue weighted by molar-refractivity contribution is 5.80. The fourth-order valence-electron chi connectivity index (χ4n) is 5.10. The van der Waals surface area contributed by atoms with E-state index in [1.54, 1.807) is 0 Å². The second-order valence-electron chi connectivity index (χ2n) is 8.88. The van der Waals surface area contributed by atoms with Crippen LogP contribution in [-0.2, 0) is 11.3 Å². The van der Waals surface area contributed by atoms with E-state index >= 15 is 0 Å². The van der Waals surface area contributed by atoms with Crippen LogP contribution < -0.4 is 0 Å². The molecular formula is C25H31N3O. The van der Waals surface area contributed by atoms with Crippen LogP contribution in [0.2, 0.25) is 0 Å². The summed E-state index contributed by atoms with van der Waals surface area (Å²) in [5.41, 5.74) is 7.01. The highest BCUT2D eigenvalue weighted by Gasteiger charge is 2.27. The van der Waals surface area contributed by atoms with E-state index in [9.17, 15) is 0 Å². The number of aromatic amines is 1. The van der Waals surface area contributed by atoms with Crippen LogP contribution in [0.25, 0.3) is 10.9 Å². The number of rotatable bonds is 3. The quantitative estimate of drug-likeness (QED) is 0.714. The number of morpholine rings is 1. The van der Waals surface area contributed by atoms with Crippen LogP contribution in [0.4, 0.5) is 0 Å². The first-order valence-corrected chi connectivity index (χ1v) is 10.8. The van der Waals surface area contributed by atoms with E-state index in [2.05, 4.69) is 78.1 Å². The Morgan fingerprint density at radius 1 is 1.10 bits per heavy atom. The molecule has 2 aliphatic rings. The summed E-state index contributed by atoms with van der Waals surface area (Å²) in [4.78, 5) is 8.38. The second kappa shape index (κ2) is 7.60. The number of likely N-dealkylation sites (N-methyl/N-ethyl adjacent to an activating group) is 1. The number of H-pyrrole nitrogens is 1. The van der Waals surface area contributed by atoms with Gasteiger partial charge in [0.25, 0.3) is 0 Å². The summed E-state index contributed by atoms with van der Waals surface area (Å²) in [7, 11) is 2.24. The van der Waals surface area contributed by atoms with E-state index in [0.29, 0.717) is 18.1 Å². The van der Waals surface area contributed by atoms with Crippen molar-refractivity contribution in [1.82, 2.24) is 14.8 Å². The molecule has 3 heterocycles. The zero-order valence-electron chi connectivity index (χ0n) is 17.7. The molecule has 1 aromatic heterocycles. The molecule has 29 heavy (non-hydrogen) atoms. The van der Waals surface area contributed by atoms with Crippen molar-refractivity contribution in [3.05, 3.63) is 70.9 Å². The summed E-state index contributed by atoms with van der Waals surface area (Å²) in [5.74, 6) is 0.421. The van der Waals surface area contributed by atoms with Gasteiger partial charge in [0.05, 0.1) is 12.7 Å². The zero-order chi connectivity index (χ0) is 20.0. The molecule has 4 nitrogen and oxygen atoms in total. The molecule has 0 spiro atoms. The van der Waals surface area contributed by atoms with Gasteiger partial charge in [0, 0.05) is 49.9 Å². The van der Waals surface area contributed by atoms with Crippen molar-refractivity contribution < 1.29 is 4.74 Å². The lowest BCUT2D eigenvalue weighted by atomic mass is 9.83. The molecule has 3 unspecified atom stereocenters. The highest BCUT2D eigenvalue weighted by atomic mass is 16.5. The van der Waals surface area contributed by atoms with Crippen LogP contribution in [0.3, 0.4) is 0 Å². The number of benzene rings is 2. The largest absolute Gasteiger partial charge is 0.376 e. The Hall–Kier alpha value is -2.14. The molecule has 0 bridgehead atoms. The maximum Gasteiger partial charge on any atom is 0.0674 e. The molecule has 3 aromatic rings. The van der Waals surface area contributed by atoms with Gasteiger partial charge >= 0.3 is 0 Å². The minimum Gasteiger partial charge on any atom is -0.376 e. The molecule has 4 heteroatoms. The van der Waals surface area contributed by atoms with Crippen LogP contribution in [0.1, 0.15) is 48.1 Å². The van der Waals surface area contributed by atoms with E-state index in [1.807, 2.05) is 6.20 Å². The summed E-state index contributed by atoms with van der Waals surface area (Å²) >= 11 is 0. The normalized spacial score (nSPS) is 24.5. The number of hydrogen-bond donors (Lipinski definition) is 1. The zero-order valence-corrected chi connectivity index (χ0v) is 17.7. The molecular weight excluding hydrogens is 358 g/mol. The SMILES string of the molecule is CC1CN(C(C)c2ccc3c(c2)CN(C)CC3c2ccc3cc[nH]c3c2)CCO1. The molecule has 0 radical (unpaired) electrons. The average Bonchev–Trinajstić information content (AvgIpc) is 3.20. The predicted octanol–water partition coefficient (Wildman–Crippen LogP) is 4.53. The van der Waals surface area contributed by atoms with Gasteiger partial charge in [-0.1, -0.05) is 30.3 Å². The fraction of sp³-hybridized carbons (Fsp3) is 0.440. The van der Waals surface area contributed by atoms with Gasteiger partial charge in [-0.25, -0.2) is 0 Å². The Morgan fingerprint density at radius 2 is 2.00 bits per heavy atom. The number of ether oxygens (including phenoxy) is 1. The summed E-state index contributed by atoms with van der Waals surface area (Å²) in [6, 6.07) is 16.6. The maximum absolute atomic E-state index is 5.74. The Bertz CT molecular complexity index is 1010. The Balaban J connectivity index is 1.47. The van der Waals surface area contributed by atoms with Crippen LogP contribution in [0.15, 0.2) is 48.7 Å². The van der Waals surface area contributed by atoms with Crippen LogP contribution >= 0.6 is 0 Å². The minimum atomic E-state index is 0.322. The summed E-state index contributed by atoms with van der Waals surface area (Å²) in [5, 5.41) is 1.28. The first-order valence-electron chi connectivity index (χ1n) is 10.8. The summed E-state index contributed by atoms with van der Waals surface area (Å²) in [6.07, 6.45) is 2.34. The van der Waals surface area contributed by atoms with E-state index in [1.165, 1.54) is 33.2 Å². The van der Waals surface area contributed by atoms with Crippen molar-refractivity contribution in [3.8, 4) is 0 Å². The van der Waals surface area contributed by atoms with Crippen molar-refractivity contribution in [1.29, 1.82) is 0 Å². The van der Waals surface area contributed by atoms with Gasteiger partial charge in [-0.2, -0.15) is 0 Å². The Kier molecular flexibility index (Phi) is 4.94. The molecule has 152 valence electrons. The average molecular weight is 390 g/mol. The third-order valence-corrected chi connectivity index (χ3v) is 6.76. The third-order valence-electron chi connectivity index (χ3n) is 6.76. The number of aromatic nitrogens is 1. The standard InChI is InChI=1S/C25H31N3O/c1-17-14-28(10-11-29-17)18(2)20-6-7-23-22(12-20)15-27(3)16-24(23)21-5-4-19-8-9-26-25(19)13-21/h4-9,12-13,17-18,24,26H,10-11,14-16H2,1-3H3. The van der Waals surface area contributed by atoms with Crippen molar-refractivity contribution in [2.24, 2.45) is 0 Å². The number of hydrogen-bond acceptors (Lipinski definition) is 3. The van der Waals surface area contributed by atoms with E-state index in [0.717, 1.165) is 32.8 Å². The smallest absolute Gasteiger partial charge is 0.0674 e.